The molecule has 0 aromatic rings. The molecule has 2 atom stereocenters. The molecular weight excluding hydrogens is 247 g/mol. The first-order valence-electron chi connectivity index (χ1n) is 6.70. The molecule has 0 bridgehead atoms. The molecule has 0 amide bonds. The molecule has 1 heterocycles. The van der Waals surface area contributed by atoms with Crippen molar-refractivity contribution in [1.82, 2.24) is 4.90 Å². The van der Waals surface area contributed by atoms with Gasteiger partial charge >= 0.3 is 0 Å². The van der Waals surface area contributed by atoms with Crippen LogP contribution < -0.4 is 0 Å². The molecule has 4 nitrogen and oxygen atoms in total. The van der Waals surface area contributed by atoms with Gasteiger partial charge in [0.15, 0.2) is 0 Å². The summed E-state index contributed by atoms with van der Waals surface area (Å²) >= 11 is 0. The lowest BCUT2D eigenvalue weighted by Crippen LogP contribution is -2.34. The second-order valence-corrected chi connectivity index (χ2v) is 4.89. The van der Waals surface area contributed by atoms with Gasteiger partial charge in [0.05, 0.1) is 6.61 Å². The molecule has 2 aliphatic rings. The van der Waals surface area contributed by atoms with Crippen LogP contribution in [0, 0.1) is 5.92 Å². The van der Waals surface area contributed by atoms with Crippen LogP contribution in [0.5, 0.6) is 0 Å². The number of allylic oxidation sites excluding steroid dienone is 2. The quantitative estimate of drug-likeness (QED) is 0.774. The van der Waals surface area contributed by atoms with Crippen molar-refractivity contribution >= 4 is 5.84 Å². The fraction of sp³-hybridized carbons (Fsp3) is 0.643. The third kappa shape index (κ3) is 2.58. The molecule has 106 valence electrons. The van der Waals surface area contributed by atoms with Crippen LogP contribution in [0.1, 0.15) is 20.8 Å². The van der Waals surface area contributed by atoms with Gasteiger partial charge in [-0.25, -0.2) is 4.39 Å². The first-order chi connectivity index (χ1) is 9.10. The minimum Gasteiger partial charge on any atom is -0.388 e. The maximum absolute atomic E-state index is 13.9. The molecule has 2 rings (SSSR count). The molecule has 0 fully saturated rings. The Morgan fingerprint density at radius 3 is 2.89 bits per heavy atom. The minimum absolute atomic E-state index is 0.110. The van der Waals surface area contributed by atoms with Gasteiger partial charge in [-0.05, 0) is 25.5 Å². The van der Waals surface area contributed by atoms with Gasteiger partial charge < -0.3 is 14.7 Å². The van der Waals surface area contributed by atoms with E-state index in [-0.39, 0.29) is 24.4 Å². The number of hydrogen-bond acceptors (Lipinski definition) is 4. The van der Waals surface area contributed by atoms with Crippen LogP contribution in [-0.2, 0) is 4.74 Å². The van der Waals surface area contributed by atoms with Crippen LogP contribution in [0.4, 0.5) is 4.39 Å². The van der Waals surface area contributed by atoms with Crippen LogP contribution in [0.15, 0.2) is 28.2 Å². The zero-order valence-corrected chi connectivity index (χ0v) is 11.7. The Bertz CT molecular complexity index is 443. The van der Waals surface area contributed by atoms with Crippen molar-refractivity contribution in [3.05, 3.63) is 23.2 Å². The highest BCUT2D eigenvalue weighted by atomic mass is 19.1. The number of halogens is 1. The Morgan fingerprint density at radius 2 is 2.26 bits per heavy atom. The number of aliphatic hydroxyl groups excluding tert-OH is 1. The highest BCUT2D eigenvalue weighted by molar-refractivity contribution is 5.88. The van der Waals surface area contributed by atoms with E-state index >= 15 is 0 Å². The first-order valence-corrected chi connectivity index (χ1v) is 6.70. The fourth-order valence-electron chi connectivity index (χ4n) is 2.61. The van der Waals surface area contributed by atoms with Crippen molar-refractivity contribution in [1.29, 1.82) is 0 Å². The van der Waals surface area contributed by atoms with E-state index < -0.39 is 0 Å². The van der Waals surface area contributed by atoms with Gasteiger partial charge in [0.25, 0.3) is 0 Å². The predicted molar refractivity (Wildman–Crippen MR) is 72.6 cm³/mol. The van der Waals surface area contributed by atoms with Crippen molar-refractivity contribution < 1.29 is 14.2 Å². The van der Waals surface area contributed by atoms with Crippen LogP contribution in [0.2, 0.25) is 0 Å². The summed E-state index contributed by atoms with van der Waals surface area (Å²) in [6.45, 7) is 7.28. The van der Waals surface area contributed by atoms with Gasteiger partial charge in [0.1, 0.15) is 24.3 Å². The standard InChI is InChI=1S/C14H21FN2O2/c1-4-19-6-5-17-11-7-9(2)13(15)10(3)14(11)16-12(17)8-18/h7,10,14,18H,4-6,8H2,1-3H3/t10-,14-/m0/s1. The molecule has 19 heavy (non-hydrogen) atoms. The van der Waals surface area contributed by atoms with E-state index in [4.69, 9.17) is 4.74 Å². The summed E-state index contributed by atoms with van der Waals surface area (Å²) in [5.41, 5.74) is 1.62. The molecule has 0 saturated heterocycles. The van der Waals surface area contributed by atoms with E-state index in [0.29, 0.717) is 31.2 Å². The topological polar surface area (TPSA) is 45.1 Å². The van der Waals surface area contributed by atoms with E-state index in [1.165, 1.54) is 0 Å². The summed E-state index contributed by atoms with van der Waals surface area (Å²) in [4.78, 5) is 6.40. The van der Waals surface area contributed by atoms with E-state index in [9.17, 15) is 9.50 Å². The Morgan fingerprint density at radius 1 is 1.53 bits per heavy atom. The van der Waals surface area contributed by atoms with Gasteiger partial charge in [-0.1, -0.05) is 6.92 Å². The first kappa shape index (κ1) is 14.2. The summed E-state index contributed by atoms with van der Waals surface area (Å²) < 4.78 is 19.3. The summed E-state index contributed by atoms with van der Waals surface area (Å²) in [6, 6.07) is -0.215. The van der Waals surface area contributed by atoms with Crippen LogP contribution in [0.25, 0.3) is 0 Å². The van der Waals surface area contributed by atoms with Crippen molar-refractivity contribution in [2.45, 2.75) is 26.8 Å². The smallest absolute Gasteiger partial charge is 0.130 e. The van der Waals surface area contributed by atoms with Crippen molar-refractivity contribution in [3.8, 4) is 0 Å². The average Bonchev–Trinajstić information content (AvgIpc) is 2.75. The fourth-order valence-corrected chi connectivity index (χ4v) is 2.61. The molecule has 1 aliphatic heterocycles. The van der Waals surface area contributed by atoms with Gasteiger partial charge in [0, 0.05) is 24.8 Å². The largest absolute Gasteiger partial charge is 0.388 e. The number of rotatable bonds is 5. The number of fused-ring (bicyclic) bond motifs is 1. The summed E-state index contributed by atoms with van der Waals surface area (Å²) in [5.74, 6) is 0.227. The number of hydrogen-bond donors (Lipinski definition) is 1. The predicted octanol–water partition coefficient (Wildman–Crippen LogP) is 1.88. The third-order valence-electron chi connectivity index (χ3n) is 3.63. The zero-order chi connectivity index (χ0) is 14.0. The van der Waals surface area contributed by atoms with E-state index in [0.717, 1.165) is 5.70 Å². The molecule has 1 aliphatic carbocycles. The number of aliphatic hydroxyl groups is 1. The Kier molecular flexibility index (Phi) is 4.37. The second-order valence-electron chi connectivity index (χ2n) is 4.89. The van der Waals surface area contributed by atoms with Gasteiger partial charge in [-0.2, -0.15) is 0 Å². The normalized spacial score (nSPS) is 26.5. The van der Waals surface area contributed by atoms with Crippen molar-refractivity contribution in [3.63, 3.8) is 0 Å². The SMILES string of the molecule is CCOCCN1C2=CC(C)=C(F)[C@H](C)[C@@H]2N=C1CO. The number of ether oxygens (including phenoxy) is 1. The van der Waals surface area contributed by atoms with Gasteiger partial charge in [0.2, 0.25) is 0 Å². The van der Waals surface area contributed by atoms with Crippen LogP contribution in [-0.4, -0.2) is 48.2 Å². The molecule has 0 unspecified atom stereocenters. The van der Waals surface area contributed by atoms with Gasteiger partial charge in [-0.3, -0.25) is 4.99 Å². The summed E-state index contributed by atoms with van der Waals surface area (Å²) in [5, 5.41) is 9.41. The Hall–Kier alpha value is -1.20. The average molecular weight is 268 g/mol. The Balaban J connectivity index is 2.22. The molecule has 0 aromatic heterocycles. The molecular formula is C14H21FN2O2. The molecule has 5 heteroatoms. The summed E-state index contributed by atoms with van der Waals surface area (Å²) in [6.07, 6.45) is 1.83. The maximum Gasteiger partial charge on any atom is 0.130 e. The lowest BCUT2D eigenvalue weighted by Gasteiger charge is -2.28. The monoisotopic (exact) mass is 268 g/mol. The minimum atomic E-state index is -0.265. The van der Waals surface area contributed by atoms with E-state index in [1.807, 2.05) is 24.8 Å². The number of aliphatic imine (C=N–C) groups is 1. The van der Waals surface area contributed by atoms with Crippen LogP contribution in [0.3, 0.4) is 0 Å². The lowest BCUT2D eigenvalue weighted by atomic mass is 9.90. The van der Waals surface area contributed by atoms with Crippen molar-refractivity contribution in [2.24, 2.45) is 10.9 Å². The maximum atomic E-state index is 13.9. The second kappa shape index (κ2) is 5.84. The Labute approximate surface area is 113 Å². The van der Waals surface area contributed by atoms with Crippen LogP contribution >= 0.6 is 0 Å². The molecule has 0 aromatic carbocycles. The zero-order valence-electron chi connectivity index (χ0n) is 11.7. The van der Waals surface area contributed by atoms with Crippen molar-refractivity contribution in [2.75, 3.05) is 26.4 Å². The van der Waals surface area contributed by atoms with E-state index in [2.05, 4.69) is 4.99 Å². The van der Waals surface area contributed by atoms with E-state index in [1.54, 1.807) is 6.92 Å². The molecule has 1 N–H and O–H groups in total. The highest BCUT2D eigenvalue weighted by Gasteiger charge is 2.38. The molecule has 0 saturated carbocycles. The van der Waals surface area contributed by atoms with Gasteiger partial charge in [-0.15, -0.1) is 0 Å². The lowest BCUT2D eigenvalue weighted by molar-refractivity contribution is 0.136. The molecule has 0 radical (unpaired) electrons. The summed E-state index contributed by atoms with van der Waals surface area (Å²) in [7, 11) is 0. The number of nitrogens with zero attached hydrogens (tertiary/aromatic N) is 2. The third-order valence-corrected chi connectivity index (χ3v) is 3.63. The molecule has 0 spiro atoms. The number of amidine groups is 1. The highest BCUT2D eigenvalue weighted by Crippen LogP contribution is 2.37.